The van der Waals surface area contributed by atoms with E-state index in [1.54, 1.807) is 0 Å². The average molecular weight is 292 g/mol. The summed E-state index contributed by atoms with van der Waals surface area (Å²) >= 11 is 2.84. The van der Waals surface area contributed by atoms with Gasteiger partial charge in [-0.2, -0.15) is 4.37 Å². The molecule has 0 bridgehead atoms. The topological polar surface area (TPSA) is 42.9 Å². The number of hydrogen-bond donors (Lipinski definition) is 0. The number of carbonyl (C=O) groups excluding carboxylic acids is 1. The van der Waals surface area contributed by atoms with Crippen molar-refractivity contribution < 1.29 is 4.79 Å². The Bertz CT molecular complexity index is 593. The zero-order valence-electron chi connectivity index (χ0n) is 11.3. The first-order valence-electron chi connectivity index (χ1n) is 6.16. The Morgan fingerprint density at radius 3 is 2.79 bits per heavy atom. The Labute approximate surface area is 121 Å². The van der Waals surface area contributed by atoms with Gasteiger partial charge in [-0.05, 0) is 30.9 Å². The maximum absolute atomic E-state index is 12.2. The van der Waals surface area contributed by atoms with Gasteiger partial charge in [0.25, 0.3) is 0 Å². The fourth-order valence-electron chi connectivity index (χ4n) is 1.77. The van der Waals surface area contributed by atoms with Crippen molar-refractivity contribution >= 4 is 29.1 Å². The predicted molar refractivity (Wildman–Crippen MR) is 80.3 cm³/mol. The lowest BCUT2D eigenvalue weighted by atomic mass is 10.0. The lowest BCUT2D eigenvalue weighted by Crippen LogP contribution is -2.04. The lowest BCUT2D eigenvalue weighted by molar-refractivity contribution is 0.102. The number of rotatable bonds is 5. The molecule has 0 atom stereocenters. The number of aromatic nitrogens is 2. The zero-order chi connectivity index (χ0) is 13.8. The van der Waals surface area contributed by atoms with Crippen LogP contribution in [0.2, 0.25) is 0 Å². The molecule has 0 aliphatic rings. The van der Waals surface area contributed by atoms with Gasteiger partial charge in [0.05, 0.1) is 5.75 Å². The maximum atomic E-state index is 12.2. The van der Waals surface area contributed by atoms with Gasteiger partial charge in [-0.1, -0.05) is 42.4 Å². The van der Waals surface area contributed by atoms with Crippen LogP contribution in [0.1, 0.15) is 34.2 Å². The van der Waals surface area contributed by atoms with Crippen LogP contribution in [0.4, 0.5) is 0 Å². The van der Waals surface area contributed by atoms with Gasteiger partial charge in [0.2, 0.25) is 0 Å². The summed E-state index contributed by atoms with van der Waals surface area (Å²) in [6, 6.07) is 5.92. The minimum Gasteiger partial charge on any atom is -0.293 e. The summed E-state index contributed by atoms with van der Waals surface area (Å²) in [5.41, 5.74) is 3.02. The van der Waals surface area contributed by atoms with Crippen molar-refractivity contribution in [2.24, 2.45) is 0 Å². The zero-order valence-corrected chi connectivity index (χ0v) is 12.9. The number of carbonyl (C=O) groups is 1. The minimum atomic E-state index is 0.149. The fourth-order valence-corrected chi connectivity index (χ4v) is 3.35. The van der Waals surface area contributed by atoms with Gasteiger partial charge in [-0.15, -0.1) is 0 Å². The van der Waals surface area contributed by atoms with Crippen molar-refractivity contribution in [1.29, 1.82) is 0 Å². The Morgan fingerprint density at radius 1 is 1.37 bits per heavy atom. The van der Waals surface area contributed by atoms with Crippen LogP contribution in [0.25, 0.3) is 0 Å². The number of nitrogens with zero attached hydrogens (tertiary/aromatic N) is 2. The number of hydrogen-bond acceptors (Lipinski definition) is 5. The Balaban J connectivity index is 2.01. The van der Waals surface area contributed by atoms with Crippen LogP contribution in [0.15, 0.2) is 22.5 Å². The minimum absolute atomic E-state index is 0.149. The third kappa shape index (κ3) is 3.64. The molecule has 3 nitrogen and oxygen atoms in total. The molecular formula is C14H16N2OS2. The van der Waals surface area contributed by atoms with Gasteiger partial charge in [0, 0.05) is 12.0 Å². The molecule has 0 radical (unpaired) electrons. The number of ketones is 1. The van der Waals surface area contributed by atoms with Crippen LogP contribution in [0, 0.1) is 13.8 Å². The second kappa shape index (κ2) is 6.30. The SMILES string of the molecule is CCc1nsc(SCC(=O)c2ccc(C)cc2C)n1. The maximum Gasteiger partial charge on any atom is 0.173 e. The Hall–Kier alpha value is -1.20. The van der Waals surface area contributed by atoms with Crippen molar-refractivity contribution in [2.45, 2.75) is 31.5 Å². The fraction of sp³-hybridized carbons (Fsp3) is 0.357. The van der Waals surface area contributed by atoms with Crippen molar-refractivity contribution in [3.8, 4) is 0 Å². The molecule has 0 N–H and O–H groups in total. The number of Topliss-reactive ketones (excluding diaryl/α,β-unsaturated/α-hetero) is 1. The molecule has 100 valence electrons. The van der Waals surface area contributed by atoms with E-state index in [-0.39, 0.29) is 5.78 Å². The van der Waals surface area contributed by atoms with E-state index >= 15 is 0 Å². The van der Waals surface area contributed by atoms with Crippen molar-refractivity contribution in [1.82, 2.24) is 9.36 Å². The first-order valence-corrected chi connectivity index (χ1v) is 7.92. The highest BCUT2D eigenvalue weighted by Crippen LogP contribution is 2.22. The normalized spacial score (nSPS) is 10.7. The molecule has 5 heteroatoms. The van der Waals surface area contributed by atoms with E-state index < -0.39 is 0 Å². The molecule has 0 saturated carbocycles. The van der Waals surface area contributed by atoms with E-state index in [0.29, 0.717) is 5.75 Å². The van der Waals surface area contributed by atoms with Crippen LogP contribution in [-0.4, -0.2) is 20.9 Å². The lowest BCUT2D eigenvalue weighted by Gasteiger charge is -2.04. The van der Waals surface area contributed by atoms with Gasteiger partial charge >= 0.3 is 0 Å². The molecule has 0 amide bonds. The predicted octanol–water partition coefficient (Wildman–Crippen LogP) is 3.69. The molecule has 1 aromatic carbocycles. The summed E-state index contributed by atoms with van der Waals surface area (Å²) in [4.78, 5) is 16.5. The van der Waals surface area contributed by atoms with Crippen LogP contribution >= 0.6 is 23.3 Å². The number of aryl methyl sites for hydroxylation is 3. The van der Waals surface area contributed by atoms with Crippen LogP contribution in [0.3, 0.4) is 0 Å². The molecule has 2 rings (SSSR count). The highest BCUT2D eigenvalue weighted by atomic mass is 32.2. The molecule has 0 aliphatic carbocycles. The van der Waals surface area contributed by atoms with Crippen molar-refractivity contribution in [2.75, 3.05) is 5.75 Å². The third-order valence-corrected chi connectivity index (χ3v) is 4.65. The summed E-state index contributed by atoms with van der Waals surface area (Å²) in [5, 5.41) is 0. The van der Waals surface area contributed by atoms with Crippen molar-refractivity contribution in [3.63, 3.8) is 0 Å². The summed E-state index contributed by atoms with van der Waals surface area (Å²) in [6.07, 6.45) is 0.835. The second-order valence-electron chi connectivity index (χ2n) is 4.36. The van der Waals surface area contributed by atoms with Gasteiger partial charge in [0.15, 0.2) is 10.1 Å². The highest BCUT2D eigenvalue weighted by Gasteiger charge is 2.11. The summed E-state index contributed by atoms with van der Waals surface area (Å²) < 4.78 is 5.08. The average Bonchev–Trinajstić information content (AvgIpc) is 2.84. The molecule has 0 fully saturated rings. The van der Waals surface area contributed by atoms with E-state index in [9.17, 15) is 4.79 Å². The molecule has 2 aromatic rings. The molecule has 0 saturated heterocycles. The van der Waals surface area contributed by atoms with Crippen LogP contribution < -0.4 is 0 Å². The number of thioether (sulfide) groups is 1. The highest BCUT2D eigenvalue weighted by molar-refractivity contribution is 8.01. The Morgan fingerprint density at radius 2 is 2.16 bits per heavy atom. The summed E-state index contributed by atoms with van der Waals surface area (Å²) in [7, 11) is 0. The smallest absolute Gasteiger partial charge is 0.173 e. The molecule has 0 spiro atoms. The first-order chi connectivity index (χ1) is 9.10. The monoisotopic (exact) mass is 292 g/mol. The van der Waals surface area contributed by atoms with Crippen LogP contribution in [0.5, 0.6) is 0 Å². The third-order valence-electron chi connectivity index (χ3n) is 2.77. The largest absolute Gasteiger partial charge is 0.293 e. The van der Waals surface area contributed by atoms with Crippen LogP contribution in [-0.2, 0) is 6.42 Å². The van der Waals surface area contributed by atoms with Gasteiger partial charge < -0.3 is 0 Å². The molecule has 19 heavy (non-hydrogen) atoms. The second-order valence-corrected chi connectivity index (χ2v) is 6.33. The molecule has 1 aromatic heterocycles. The molecular weight excluding hydrogens is 276 g/mol. The molecule has 0 aliphatic heterocycles. The van der Waals surface area contributed by atoms with Gasteiger partial charge in [-0.3, -0.25) is 4.79 Å². The van der Waals surface area contributed by atoms with E-state index in [4.69, 9.17) is 0 Å². The van der Waals surface area contributed by atoms with E-state index in [1.165, 1.54) is 28.9 Å². The molecule has 1 heterocycles. The summed E-state index contributed by atoms with van der Waals surface area (Å²) in [6.45, 7) is 6.03. The van der Waals surface area contributed by atoms with E-state index in [0.717, 1.165) is 27.7 Å². The quantitative estimate of drug-likeness (QED) is 0.622. The number of benzene rings is 1. The van der Waals surface area contributed by atoms with Gasteiger partial charge in [-0.25, -0.2) is 4.98 Å². The van der Waals surface area contributed by atoms with E-state index in [1.807, 2.05) is 39.0 Å². The summed E-state index contributed by atoms with van der Waals surface area (Å²) in [5.74, 6) is 1.42. The standard InChI is InChI=1S/C14H16N2OS2/c1-4-13-15-14(19-16-13)18-8-12(17)11-6-5-9(2)7-10(11)3/h5-7H,4,8H2,1-3H3. The van der Waals surface area contributed by atoms with E-state index in [2.05, 4.69) is 9.36 Å². The van der Waals surface area contributed by atoms with Gasteiger partial charge in [0.1, 0.15) is 5.82 Å². The van der Waals surface area contributed by atoms with Crippen molar-refractivity contribution in [3.05, 3.63) is 40.7 Å². The molecule has 0 unspecified atom stereocenters. The Kier molecular flexibility index (Phi) is 4.71. The first kappa shape index (κ1) is 14.2.